The molecule has 0 saturated carbocycles. The average molecular weight is 196 g/mol. The Labute approximate surface area is 84.4 Å². The van der Waals surface area contributed by atoms with E-state index in [9.17, 15) is 0 Å². The van der Waals surface area contributed by atoms with Crippen molar-refractivity contribution >= 4 is 12.2 Å². The maximum Gasteiger partial charge on any atom is 0.132 e. The van der Waals surface area contributed by atoms with Crippen LogP contribution in [-0.2, 0) is 6.42 Å². The molecule has 72 valence electrons. The van der Waals surface area contributed by atoms with Crippen molar-refractivity contribution in [1.82, 2.24) is 9.97 Å². The highest BCUT2D eigenvalue weighted by molar-refractivity contribution is 7.71. The molecule has 1 rings (SSSR count). The number of aromatic nitrogens is 2. The van der Waals surface area contributed by atoms with E-state index in [1.807, 2.05) is 13.8 Å². The summed E-state index contributed by atoms with van der Waals surface area (Å²) in [6.45, 7) is 6.18. The molecule has 0 spiro atoms. The standard InChI is InChI=1S/C10H16N2S/c1-4-5-6-9-7(2)10(13)12-8(3)11-9/h4-6H2,1-3H3,(H,11,12,13). The zero-order valence-corrected chi connectivity index (χ0v) is 9.29. The van der Waals surface area contributed by atoms with E-state index >= 15 is 0 Å². The molecule has 2 nitrogen and oxygen atoms in total. The van der Waals surface area contributed by atoms with Crippen LogP contribution < -0.4 is 0 Å². The summed E-state index contributed by atoms with van der Waals surface area (Å²) in [6.07, 6.45) is 3.49. The van der Waals surface area contributed by atoms with Gasteiger partial charge in [-0.25, -0.2) is 4.98 Å². The minimum absolute atomic E-state index is 0.738. The molecule has 1 heterocycles. The number of hydrogen-bond donors (Lipinski definition) is 1. The predicted molar refractivity (Wildman–Crippen MR) is 57.5 cm³/mol. The Balaban J connectivity index is 2.99. The summed E-state index contributed by atoms with van der Waals surface area (Å²) < 4.78 is 0.738. The largest absolute Gasteiger partial charge is 0.347 e. The minimum Gasteiger partial charge on any atom is -0.347 e. The lowest BCUT2D eigenvalue weighted by molar-refractivity contribution is 0.760. The second-order valence-electron chi connectivity index (χ2n) is 3.33. The molecule has 1 N–H and O–H groups in total. The van der Waals surface area contributed by atoms with Crippen LogP contribution >= 0.6 is 12.2 Å². The smallest absolute Gasteiger partial charge is 0.132 e. The van der Waals surface area contributed by atoms with Crippen LogP contribution in [0.15, 0.2) is 0 Å². The first kappa shape index (κ1) is 10.4. The van der Waals surface area contributed by atoms with Gasteiger partial charge in [-0.1, -0.05) is 25.6 Å². The zero-order valence-electron chi connectivity index (χ0n) is 8.48. The number of aryl methyl sites for hydroxylation is 2. The molecule has 0 saturated heterocycles. The van der Waals surface area contributed by atoms with Gasteiger partial charge in [0.15, 0.2) is 0 Å². The molecule has 0 fully saturated rings. The molecule has 0 aromatic carbocycles. The van der Waals surface area contributed by atoms with Gasteiger partial charge in [0.05, 0.1) is 0 Å². The summed E-state index contributed by atoms with van der Waals surface area (Å²) in [7, 11) is 0. The molecule has 0 bridgehead atoms. The molecule has 13 heavy (non-hydrogen) atoms. The molecular formula is C10H16N2S. The van der Waals surface area contributed by atoms with Crippen LogP contribution in [0.5, 0.6) is 0 Å². The number of nitrogens with zero attached hydrogens (tertiary/aromatic N) is 1. The van der Waals surface area contributed by atoms with Crippen molar-refractivity contribution < 1.29 is 0 Å². The maximum absolute atomic E-state index is 5.15. The van der Waals surface area contributed by atoms with Gasteiger partial charge in [0.2, 0.25) is 0 Å². The third-order valence-corrected chi connectivity index (χ3v) is 2.55. The van der Waals surface area contributed by atoms with Crippen molar-refractivity contribution in [1.29, 1.82) is 0 Å². The first-order valence-electron chi connectivity index (χ1n) is 4.71. The maximum atomic E-state index is 5.15. The summed E-state index contributed by atoms with van der Waals surface area (Å²) in [5.41, 5.74) is 2.38. The van der Waals surface area contributed by atoms with E-state index in [1.165, 1.54) is 18.5 Å². The SMILES string of the molecule is CCCCc1[nH]c(C)nc(=S)c1C. The summed E-state index contributed by atoms with van der Waals surface area (Å²) >= 11 is 5.15. The Hall–Kier alpha value is -0.700. The third kappa shape index (κ3) is 2.62. The van der Waals surface area contributed by atoms with Gasteiger partial charge in [-0.2, -0.15) is 0 Å². The molecule has 0 amide bonds. The van der Waals surface area contributed by atoms with Crippen LogP contribution in [0.1, 0.15) is 36.8 Å². The van der Waals surface area contributed by atoms with Gasteiger partial charge in [-0.05, 0) is 26.7 Å². The first-order chi connectivity index (χ1) is 6.15. The molecular weight excluding hydrogens is 180 g/mol. The summed E-state index contributed by atoms with van der Waals surface area (Å²) in [5, 5.41) is 0. The van der Waals surface area contributed by atoms with Gasteiger partial charge in [0.1, 0.15) is 10.5 Å². The van der Waals surface area contributed by atoms with Crippen molar-refractivity contribution in [3.63, 3.8) is 0 Å². The molecule has 0 unspecified atom stereocenters. The molecule has 0 radical (unpaired) electrons. The summed E-state index contributed by atoms with van der Waals surface area (Å²) in [5.74, 6) is 0.918. The fourth-order valence-corrected chi connectivity index (χ4v) is 1.57. The first-order valence-corrected chi connectivity index (χ1v) is 5.12. The number of rotatable bonds is 3. The van der Waals surface area contributed by atoms with Gasteiger partial charge in [-0.15, -0.1) is 0 Å². The van der Waals surface area contributed by atoms with E-state index in [-0.39, 0.29) is 0 Å². The third-order valence-electron chi connectivity index (χ3n) is 2.15. The number of aromatic amines is 1. The molecule has 0 aliphatic heterocycles. The van der Waals surface area contributed by atoms with Crippen molar-refractivity contribution in [3.05, 3.63) is 21.7 Å². The average Bonchev–Trinajstić information content (AvgIpc) is 2.09. The van der Waals surface area contributed by atoms with Crippen LogP contribution in [0.3, 0.4) is 0 Å². The van der Waals surface area contributed by atoms with Crippen LogP contribution in [0, 0.1) is 18.5 Å². The highest BCUT2D eigenvalue weighted by Gasteiger charge is 2.01. The number of unbranched alkanes of at least 4 members (excludes halogenated alkanes) is 1. The van der Waals surface area contributed by atoms with Crippen molar-refractivity contribution in [2.45, 2.75) is 40.0 Å². The topological polar surface area (TPSA) is 28.7 Å². The molecule has 1 aromatic rings. The van der Waals surface area contributed by atoms with Gasteiger partial charge in [0.25, 0.3) is 0 Å². The van der Waals surface area contributed by atoms with Gasteiger partial charge in [-0.3, -0.25) is 0 Å². The van der Waals surface area contributed by atoms with E-state index in [0.29, 0.717) is 0 Å². The van der Waals surface area contributed by atoms with Crippen LogP contribution in [0.25, 0.3) is 0 Å². The summed E-state index contributed by atoms with van der Waals surface area (Å²) in [4.78, 5) is 7.47. The second-order valence-corrected chi connectivity index (χ2v) is 3.72. The van der Waals surface area contributed by atoms with E-state index in [1.54, 1.807) is 0 Å². The highest BCUT2D eigenvalue weighted by Crippen LogP contribution is 2.09. The van der Waals surface area contributed by atoms with Crippen LogP contribution in [-0.4, -0.2) is 9.97 Å². The van der Waals surface area contributed by atoms with E-state index < -0.39 is 0 Å². The number of H-pyrrole nitrogens is 1. The Morgan fingerprint density at radius 2 is 2.08 bits per heavy atom. The van der Waals surface area contributed by atoms with E-state index in [0.717, 1.165) is 22.4 Å². The lowest BCUT2D eigenvalue weighted by atomic mass is 10.1. The highest BCUT2D eigenvalue weighted by atomic mass is 32.1. The van der Waals surface area contributed by atoms with Crippen LogP contribution in [0.4, 0.5) is 0 Å². The normalized spacial score (nSPS) is 10.4. The van der Waals surface area contributed by atoms with E-state index in [2.05, 4.69) is 16.9 Å². The van der Waals surface area contributed by atoms with E-state index in [4.69, 9.17) is 12.2 Å². The quantitative estimate of drug-likeness (QED) is 0.752. The lowest BCUT2D eigenvalue weighted by Gasteiger charge is -2.06. The Morgan fingerprint density at radius 3 is 2.69 bits per heavy atom. The minimum atomic E-state index is 0.738. The predicted octanol–water partition coefficient (Wildman–Crippen LogP) is 3.10. The van der Waals surface area contributed by atoms with Gasteiger partial charge >= 0.3 is 0 Å². The van der Waals surface area contributed by atoms with Crippen LogP contribution in [0.2, 0.25) is 0 Å². The van der Waals surface area contributed by atoms with Crippen molar-refractivity contribution in [2.24, 2.45) is 0 Å². The molecule has 0 aliphatic carbocycles. The Morgan fingerprint density at radius 1 is 1.38 bits per heavy atom. The fraction of sp³-hybridized carbons (Fsp3) is 0.600. The number of hydrogen-bond acceptors (Lipinski definition) is 2. The molecule has 3 heteroatoms. The zero-order chi connectivity index (χ0) is 9.84. The number of nitrogens with one attached hydrogen (secondary N) is 1. The molecule has 1 aromatic heterocycles. The molecule has 0 atom stereocenters. The fourth-order valence-electron chi connectivity index (χ4n) is 1.31. The monoisotopic (exact) mass is 196 g/mol. The Bertz CT molecular complexity index is 341. The Kier molecular flexibility index (Phi) is 3.60. The van der Waals surface area contributed by atoms with Crippen molar-refractivity contribution in [3.8, 4) is 0 Å². The van der Waals surface area contributed by atoms with Crippen molar-refractivity contribution in [2.75, 3.05) is 0 Å². The molecule has 0 aliphatic rings. The second kappa shape index (κ2) is 4.51. The lowest BCUT2D eigenvalue weighted by Crippen LogP contribution is -2.00. The van der Waals surface area contributed by atoms with Gasteiger partial charge in [0, 0.05) is 11.3 Å². The summed E-state index contributed by atoms with van der Waals surface area (Å²) in [6, 6.07) is 0. The van der Waals surface area contributed by atoms with Gasteiger partial charge < -0.3 is 4.98 Å².